The van der Waals surface area contributed by atoms with Crippen LogP contribution in [0.25, 0.3) is 0 Å². The highest BCUT2D eigenvalue weighted by molar-refractivity contribution is 5.34. The first kappa shape index (κ1) is 9.89. The molecule has 13 heavy (non-hydrogen) atoms. The van der Waals surface area contributed by atoms with Gasteiger partial charge < -0.3 is 5.32 Å². The third-order valence-electron chi connectivity index (χ3n) is 1.63. The molecule has 0 aliphatic carbocycles. The molecule has 0 spiro atoms. The molecule has 72 valence electrons. The average Bonchev–Trinajstić information content (AvgIpc) is 2.03. The fraction of sp³-hybridized carbons (Fsp3) is 0.667. The number of hydrogen-bond donors (Lipinski definition) is 1. The summed E-state index contributed by atoms with van der Waals surface area (Å²) in [5.74, 6) is 1.19. The van der Waals surface area contributed by atoms with Crippen molar-refractivity contribution >= 4 is 5.82 Å². The van der Waals surface area contributed by atoms with E-state index in [4.69, 9.17) is 0 Å². The summed E-state index contributed by atoms with van der Waals surface area (Å²) >= 11 is 0. The lowest BCUT2D eigenvalue weighted by atomic mass is 10.1. The SMILES string of the molecule is CC(C)Nc1cc(C(C)C)nnn1. The number of hydrogen-bond acceptors (Lipinski definition) is 4. The second-order valence-electron chi connectivity index (χ2n) is 3.70. The van der Waals surface area contributed by atoms with Gasteiger partial charge in [0, 0.05) is 12.1 Å². The highest BCUT2D eigenvalue weighted by Gasteiger charge is 2.04. The second kappa shape index (κ2) is 4.16. The molecule has 0 aliphatic heterocycles. The molecule has 4 nitrogen and oxygen atoms in total. The first-order chi connectivity index (χ1) is 6.09. The first-order valence-electron chi connectivity index (χ1n) is 4.56. The summed E-state index contributed by atoms with van der Waals surface area (Å²) in [7, 11) is 0. The molecule has 0 radical (unpaired) electrons. The summed E-state index contributed by atoms with van der Waals surface area (Å²) in [4.78, 5) is 0. The molecule has 0 fully saturated rings. The van der Waals surface area contributed by atoms with Gasteiger partial charge in [0.1, 0.15) is 0 Å². The van der Waals surface area contributed by atoms with Crippen molar-refractivity contribution in [2.45, 2.75) is 39.7 Å². The van der Waals surface area contributed by atoms with Gasteiger partial charge >= 0.3 is 0 Å². The Hall–Kier alpha value is -1.19. The number of nitrogens with zero attached hydrogens (tertiary/aromatic N) is 3. The molecule has 0 atom stereocenters. The van der Waals surface area contributed by atoms with Gasteiger partial charge in [0.05, 0.1) is 5.69 Å². The van der Waals surface area contributed by atoms with Crippen molar-refractivity contribution in [1.29, 1.82) is 0 Å². The van der Waals surface area contributed by atoms with E-state index in [1.54, 1.807) is 0 Å². The van der Waals surface area contributed by atoms with Crippen LogP contribution in [-0.2, 0) is 0 Å². The Morgan fingerprint density at radius 1 is 1.15 bits per heavy atom. The monoisotopic (exact) mass is 180 g/mol. The molecule has 1 N–H and O–H groups in total. The highest BCUT2D eigenvalue weighted by Crippen LogP contribution is 2.12. The maximum absolute atomic E-state index is 3.95. The smallest absolute Gasteiger partial charge is 0.152 e. The van der Waals surface area contributed by atoms with Crippen LogP contribution in [0.15, 0.2) is 6.07 Å². The van der Waals surface area contributed by atoms with Gasteiger partial charge in [-0.15, -0.1) is 10.2 Å². The summed E-state index contributed by atoms with van der Waals surface area (Å²) in [6, 6.07) is 2.31. The van der Waals surface area contributed by atoms with E-state index in [2.05, 4.69) is 48.4 Å². The van der Waals surface area contributed by atoms with E-state index in [1.807, 2.05) is 6.07 Å². The first-order valence-corrected chi connectivity index (χ1v) is 4.56. The van der Waals surface area contributed by atoms with Crippen LogP contribution in [0.2, 0.25) is 0 Å². The molecule has 0 unspecified atom stereocenters. The van der Waals surface area contributed by atoms with E-state index in [9.17, 15) is 0 Å². The molecule has 1 rings (SSSR count). The van der Waals surface area contributed by atoms with Crippen molar-refractivity contribution in [2.24, 2.45) is 0 Å². The van der Waals surface area contributed by atoms with Crippen molar-refractivity contribution in [1.82, 2.24) is 15.4 Å². The van der Waals surface area contributed by atoms with Crippen LogP contribution in [0.1, 0.15) is 39.3 Å². The van der Waals surface area contributed by atoms with Crippen LogP contribution in [-0.4, -0.2) is 21.5 Å². The lowest BCUT2D eigenvalue weighted by Gasteiger charge is -2.09. The predicted molar refractivity (Wildman–Crippen MR) is 52.7 cm³/mol. The van der Waals surface area contributed by atoms with Crippen molar-refractivity contribution < 1.29 is 0 Å². The Morgan fingerprint density at radius 2 is 1.85 bits per heavy atom. The topological polar surface area (TPSA) is 50.7 Å². The third-order valence-corrected chi connectivity index (χ3v) is 1.63. The lowest BCUT2D eigenvalue weighted by molar-refractivity contribution is 0.737. The van der Waals surface area contributed by atoms with Gasteiger partial charge in [0.15, 0.2) is 5.82 Å². The zero-order valence-corrected chi connectivity index (χ0v) is 8.57. The van der Waals surface area contributed by atoms with Gasteiger partial charge in [-0.3, -0.25) is 0 Å². The molecule has 0 saturated carbocycles. The molecule has 1 heterocycles. The molecular weight excluding hydrogens is 164 g/mol. The zero-order chi connectivity index (χ0) is 9.84. The predicted octanol–water partition coefficient (Wildman–Crippen LogP) is 1.82. The molecule has 4 heteroatoms. The van der Waals surface area contributed by atoms with Crippen molar-refractivity contribution in [3.63, 3.8) is 0 Å². The molecule has 0 amide bonds. The molecule has 1 aromatic rings. The molecule has 0 aliphatic rings. The summed E-state index contributed by atoms with van der Waals surface area (Å²) in [6.45, 7) is 8.31. The number of aromatic nitrogens is 3. The summed E-state index contributed by atoms with van der Waals surface area (Å²) in [5.41, 5.74) is 0.971. The van der Waals surface area contributed by atoms with Crippen LogP contribution in [0, 0.1) is 0 Å². The maximum atomic E-state index is 3.95. The fourth-order valence-corrected chi connectivity index (χ4v) is 0.968. The third kappa shape index (κ3) is 2.97. The lowest BCUT2D eigenvalue weighted by Crippen LogP contribution is -2.12. The van der Waals surface area contributed by atoms with E-state index in [-0.39, 0.29) is 0 Å². The number of anilines is 1. The van der Waals surface area contributed by atoms with Crippen LogP contribution >= 0.6 is 0 Å². The minimum Gasteiger partial charge on any atom is -0.366 e. The van der Waals surface area contributed by atoms with Crippen LogP contribution in [0.3, 0.4) is 0 Å². The Bertz CT molecular complexity index is 270. The quantitative estimate of drug-likeness (QED) is 0.770. The summed E-state index contributed by atoms with van der Waals surface area (Å²) < 4.78 is 0. The van der Waals surface area contributed by atoms with E-state index in [0.717, 1.165) is 11.5 Å². The molecule has 0 bridgehead atoms. The van der Waals surface area contributed by atoms with E-state index < -0.39 is 0 Å². The molecule has 0 aromatic carbocycles. The van der Waals surface area contributed by atoms with Gasteiger partial charge in [-0.05, 0) is 25.0 Å². The standard InChI is InChI=1S/C9H16N4/c1-6(2)8-5-9(10-7(3)4)12-13-11-8/h5-7H,1-4H3,(H,10,11,12). The van der Waals surface area contributed by atoms with Crippen molar-refractivity contribution in [2.75, 3.05) is 5.32 Å². The van der Waals surface area contributed by atoms with Crippen LogP contribution in [0.5, 0.6) is 0 Å². The van der Waals surface area contributed by atoms with Crippen molar-refractivity contribution in [3.8, 4) is 0 Å². The number of nitrogens with one attached hydrogen (secondary N) is 1. The Kier molecular flexibility index (Phi) is 3.17. The normalized spacial score (nSPS) is 10.9. The van der Waals surface area contributed by atoms with Gasteiger partial charge in [-0.2, -0.15) is 0 Å². The van der Waals surface area contributed by atoms with Crippen LogP contribution in [0.4, 0.5) is 5.82 Å². The minimum atomic E-state index is 0.372. The second-order valence-corrected chi connectivity index (χ2v) is 3.70. The zero-order valence-electron chi connectivity index (χ0n) is 8.57. The average molecular weight is 180 g/mol. The van der Waals surface area contributed by atoms with Gasteiger partial charge in [-0.25, -0.2) is 0 Å². The summed E-state index contributed by atoms with van der Waals surface area (Å²) in [6.07, 6.45) is 0. The Balaban J connectivity index is 2.79. The van der Waals surface area contributed by atoms with E-state index >= 15 is 0 Å². The highest BCUT2D eigenvalue weighted by atomic mass is 15.3. The summed E-state index contributed by atoms with van der Waals surface area (Å²) in [5, 5.41) is 14.7. The van der Waals surface area contributed by atoms with Crippen LogP contribution < -0.4 is 5.32 Å². The van der Waals surface area contributed by atoms with E-state index in [1.165, 1.54) is 0 Å². The molecule has 1 aromatic heterocycles. The molecular formula is C9H16N4. The van der Waals surface area contributed by atoms with Gasteiger partial charge in [0.2, 0.25) is 0 Å². The van der Waals surface area contributed by atoms with Gasteiger partial charge in [-0.1, -0.05) is 13.8 Å². The fourth-order valence-electron chi connectivity index (χ4n) is 0.968. The maximum Gasteiger partial charge on any atom is 0.152 e. The molecule has 0 saturated heterocycles. The van der Waals surface area contributed by atoms with Crippen molar-refractivity contribution in [3.05, 3.63) is 11.8 Å². The minimum absolute atomic E-state index is 0.372. The Morgan fingerprint density at radius 3 is 2.38 bits per heavy atom. The number of rotatable bonds is 3. The Labute approximate surface area is 78.8 Å². The van der Waals surface area contributed by atoms with Gasteiger partial charge in [0.25, 0.3) is 0 Å². The van der Waals surface area contributed by atoms with E-state index in [0.29, 0.717) is 12.0 Å². The largest absolute Gasteiger partial charge is 0.366 e.